The highest BCUT2D eigenvalue weighted by atomic mass is 35.5. The van der Waals surface area contributed by atoms with Crippen LogP contribution in [0.5, 0.6) is 0 Å². The summed E-state index contributed by atoms with van der Waals surface area (Å²) in [5.41, 5.74) is 1.54. The smallest absolute Gasteiger partial charge is 0.253 e. The normalized spacial score (nSPS) is 36.1. The molecule has 0 radical (unpaired) electrons. The molecule has 0 spiro atoms. The van der Waals surface area contributed by atoms with Crippen LogP contribution in [-0.4, -0.2) is 5.24 Å². The number of hydrogen-bond donors (Lipinski definition) is 0. The van der Waals surface area contributed by atoms with E-state index >= 15 is 0 Å². The maximum atomic E-state index is 11.5. The van der Waals surface area contributed by atoms with Gasteiger partial charge in [-0.1, -0.05) is 24.0 Å². The van der Waals surface area contributed by atoms with Gasteiger partial charge < -0.3 is 0 Å². The van der Waals surface area contributed by atoms with Crippen molar-refractivity contribution in [3.05, 3.63) is 35.4 Å². The van der Waals surface area contributed by atoms with E-state index in [2.05, 4.69) is 11.8 Å². The van der Waals surface area contributed by atoms with Crippen LogP contribution in [-0.2, 0) is 0 Å². The molecule has 0 N–H and O–H groups in total. The molecule has 4 aliphatic rings. The van der Waals surface area contributed by atoms with Gasteiger partial charge in [-0.05, 0) is 80.0 Å². The van der Waals surface area contributed by atoms with Crippen LogP contribution in [0.3, 0.4) is 0 Å². The van der Waals surface area contributed by atoms with Crippen molar-refractivity contribution in [3.8, 4) is 11.8 Å². The SMILES string of the molecule is O=C(Cl)c1ccccc1C#CC12CC3CC(CC(C3)C1)C2. The van der Waals surface area contributed by atoms with Crippen molar-refractivity contribution in [2.45, 2.75) is 38.5 Å². The van der Waals surface area contributed by atoms with E-state index in [1.165, 1.54) is 38.5 Å². The Kier molecular flexibility index (Phi) is 3.12. The average molecular weight is 299 g/mol. The molecule has 1 aromatic rings. The standard InChI is InChI=1S/C19H19ClO/c20-18(21)17-4-2-1-3-16(17)5-6-19-10-13-7-14(11-19)9-15(8-13)12-19/h1-4,13-15H,7-12H2. The number of carbonyl (C=O) groups excluding carboxylic acids is 1. The molecule has 0 heterocycles. The van der Waals surface area contributed by atoms with Gasteiger partial charge in [0.2, 0.25) is 0 Å². The van der Waals surface area contributed by atoms with Crippen LogP contribution in [0.1, 0.15) is 54.4 Å². The molecular formula is C19H19ClO. The van der Waals surface area contributed by atoms with Gasteiger partial charge in [0.25, 0.3) is 5.24 Å². The summed E-state index contributed by atoms with van der Waals surface area (Å²) in [6.45, 7) is 0. The van der Waals surface area contributed by atoms with E-state index in [1.54, 1.807) is 6.07 Å². The zero-order valence-corrected chi connectivity index (χ0v) is 12.8. The van der Waals surface area contributed by atoms with E-state index in [0.717, 1.165) is 23.3 Å². The number of hydrogen-bond acceptors (Lipinski definition) is 1. The largest absolute Gasteiger partial charge is 0.276 e. The fourth-order valence-corrected chi connectivity index (χ4v) is 5.39. The zero-order chi connectivity index (χ0) is 14.4. The lowest BCUT2D eigenvalue weighted by Crippen LogP contribution is -2.45. The predicted octanol–water partition coefficient (Wildman–Crippen LogP) is 4.63. The lowest BCUT2D eigenvalue weighted by molar-refractivity contribution is -0.0181. The molecule has 0 aliphatic heterocycles. The zero-order valence-electron chi connectivity index (χ0n) is 12.1. The van der Waals surface area contributed by atoms with Crippen molar-refractivity contribution >= 4 is 16.8 Å². The van der Waals surface area contributed by atoms with Gasteiger partial charge in [0.15, 0.2) is 0 Å². The van der Waals surface area contributed by atoms with Crippen LogP contribution in [0.4, 0.5) is 0 Å². The van der Waals surface area contributed by atoms with Crippen molar-refractivity contribution in [3.63, 3.8) is 0 Å². The summed E-state index contributed by atoms with van der Waals surface area (Å²) in [6.07, 6.45) is 8.09. The maximum absolute atomic E-state index is 11.5. The summed E-state index contributed by atoms with van der Waals surface area (Å²) in [5.74, 6) is 9.57. The molecule has 4 aliphatic carbocycles. The monoisotopic (exact) mass is 298 g/mol. The molecule has 0 atom stereocenters. The van der Waals surface area contributed by atoms with E-state index in [4.69, 9.17) is 11.6 Å². The first kappa shape index (κ1) is 13.4. The molecule has 4 bridgehead atoms. The van der Waals surface area contributed by atoms with Crippen molar-refractivity contribution in [1.82, 2.24) is 0 Å². The Morgan fingerprint density at radius 1 is 1.05 bits per heavy atom. The summed E-state index contributed by atoms with van der Waals surface area (Å²) in [7, 11) is 0. The minimum absolute atomic E-state index is 0.219. The Bertz CT molecular complexity index is 614. The first-order valence-electron chi connectivity index (χ1n) is 7.96. The summed E-state index contributed by atoms with van der Waals surface area (Å²) in [6, 6.07) is 7.43. The molecule has 5 rings (SSSR count). The van der Waals surface area contributed by atoms with Gasteiger partial charge in [-0.2, -0.15) is 0 Å². The number of carbonyl (C=O) groups is 1. The topological polar surface area (TPSA) is 17.1 Å². The van der Waals surface area contributed by atoms with E-state index in [9.17, 15) is 4.79 Å². The second-order valence-electron chi connectivity index (χ2n) is 7.27. The first-order chi connectivity index (χ1) is 10.1. The average Bonchev–Trinajstić information content (AvgIpc) is 2.44. The molecule has 0 unspecified atom stereocenters. The van der Waals surface area contributed by atoms with Crippen molar-refractivity contribution in [2.24, 2.45) is 23.2 Å². The summed E-state index contributed by atoms with van der Waals surface area (Å²) >= 11 is 5.66. The van der Waals surface area contributed by atoms with Crippen LogP contribution in [0.15, 0.2) is 24.3 Å². The second-order valence-corrected chi connectivity index (χ2v) is 7.61. The molecule has 0 aromatic heterocycles. The van der Waals surface area contributed by atoms with E-state index in [0.29, 0.717) is 5.56 Å². The Morgan fingerprint density at radius 2 is 1.62 bits per heavy atom. The van der Waals surface area contributed by atoms with Gasteiger partial charge in [0.05, 0.1) is 0 Å². The summed E-state index contributed by atoms with van der Waals surface area (Å²) < 4.78 is 0. The third kappa shape index (κ3) is 2.40. The van der Waals surface area contributed by atoms with Crippen molar-refractivity contribution in [2.75, 3.05) is 0 Å². The highest BCUT2D eigenvalue weighted by molar-refractivity contribution is 6.68. The fraction of sp³-hybridized carbons (Fsp3) is 0.526. The highest BCUT2D eigenvalue weighted by Gasteiger charge is 2.50. The van der Waals surface area contributed by atoms with Gasteiger partial charge in [-0.25, -0.2) is 0 Å². The van der Waals surface area contributed by atoms with Gasteiger partial charge in [-0.15, -0.1) is 0 Å². The van der Waals surface area contributed by atoms with Crippen molar-refractivity contribution < 1.29 is 4.79 Å². The Labute approximate surface area is 131 Å². The molecule has 108 valence electrons. The first-order valence-corrected chi connectivity index (χ1v) is 8.33. The predicted molar refractivity (Wildman–Crippen MR) is 84.1 cm³/mol. The number of benzene rings is 1. The third-order valence-electron chi connectivity index (χ3n) is 5.64. The molecule has 0 saturated heterocycles. The highest BCUT2D eigenvalue weighted by Crippen LogP contribution is 2.59. The summed E-state index contributed by atoms with van der Waals surface area (Å²) in [5, 5.41) is -0.412. The lowest BCUT2D eigenvalue weighted by Gasteiger charge is -2.54. The molecular weight excluding hydrogens is 280 g/mol. The molecule has 4 saturated carbocycles. The van der Waals surface area contributed by atoms with E-state index in [1.807, 2.05) is 18.2 Å². The number of halogens is 1. The lowest BCUT2D eigenvalue weighted by atomic mass is 9.50. The summed E-state index contributed by atoms with van der Waals surface area (Å²) in [4.78, 5) is 11.5. The van der Waals surface area contributed by atoms with Gasteiger partial charge in [0.1, 0.15) is 0 Å². The maximum Gasteiger partial charge on any atom is 0.253 e. The number of rotatable bonds is 1. The Hall–Kier alpha value is -1.26. The van der Waals surface area contributed by atoms with Crippen LogP contribution in [0, 0.1) is 35.0 Å². The van der Waals surface area contributed by atoms with Gasteiger partial charge in [-0.3, -0.25) is 4.79 Å². The van der Waals surface area contributed by atoms with Gasteiger partial charge in [0, 0.05) is 16.5 Å². The molecule has 21 heavy (non-hydrogen) atoms. The molecule has 4 fully saturated rings. The molecule has 1 aromatic carbocycles. The minimum atomic E-state index is -0.412. The third-order valence-corrected chi connectivity index (χ3v) is 5.84. The Morgan fingerprint density at radius 3 is 2.19 bits per heavy atom. The minimum Gasteiger partial charge on any atom is -0.276 e. The van der Waals surface area contributed by atoms with E-state index in [-0.39, 0.29) is 5.41 Å². The quantitative estimate of drug-likeness (QED) is 0.545. The van der Waals surface area contributed by atoms with Crippen LogP contribution >= 0.6 is 11.6 Å². The van der Waals surface area contributed by atoms with Crippen molar-refractivity contribution in [1.29, 1.82) is 0 Å². The molecule has 1 nitrogen and oxygen atoms in total. The van der Waals surface area contributed by atoms with Gasteiger partial charge >= 0.3 is 0 Å². The van der Waals surface area contributed by atoms with E-state index < -0.39 is 5.24 Å². The van der Waals surface area contributed by atoms with Crippen LogP contribution < -0.4 is 0 Å². The fourth-order valence-electron chi connectivity index (χ4n) is 5.23. The second kappa shape index (κ2) is 4.89. The van der Waals surface area contributed by atoms with Crippen LogP contribution in [0.2, 0.25) is 0 Å². The Balaban J connectivity index is 1.67. The van der Waals surface area contributed by atoms with Crippen LogP contribution in [0.25, 0.3) is 0 Å². The molecule has 2 heteroatoms. The molecule has 0 amide bonds.